The molecule has 3 aliphatic carbocycles. The third-order valence-corrected chi connectivity index (χ3v) is 6.04. The molecule has 21 heavy (non-hydrogen) atoms. The first-order valence-corrected chi connectivity index (χ1v) is 7.15. The average Bonchev–Trinajstić information content (AvgIpc) is 3.05. The summed E-state index contributed by atoms with van der Waals surface area (Å²) in [5, 5.41) is 9.02. The molecule has 0 saturated heterocycles. The minimum atomic E-state index is -2.96. The van der Waals surface area contributed by atoms with Crippen molar-refractivity contribution in [2.75, 3.05) is 13.2 Å². The topological polar surface area (TPSA) is 46.5 Å². The van der Waals surface area contributed by atoms with Crippen molar-refractivity contribution in [2.45, 2.75) is 44.5 Å². The number of halogens is 4. The van der Waals surface area contributed by atoms with Gasteiger partial charge in [0.05, 0.1) is 18.4 Å². The van der Waals surface area contributed by atoms with Gasteiger partial charge in [0, 0.05) is 17.8 Å². The third-order valence-electron chi connectivity index (χ3n) is 6.04. The molecular weight excluding hydrogens is 292 g/mol. The summed E-state index contributed by atoms with van der Waals surface area (Å²) in [6.07, 6.45) is -0.00911. The van der Waals surface area contributed by atoms with Gasteiger partial charge in [-0.25, -0.2) is 17.6 Å². The summed E-state index contributed by atoms with van der Waals surface area (Å²) in [5.41, 5.74) is -2.59. The van der Waals surface area contributed by atoms with E-state index in [1.54, 1.807) is 0 Å². The van der Waals surface area contributed by atoms with Crippen molar-refractivity contribution in [3.63, 3.8) is 0 Å². The molecule has 0 bridgehead atoms. The van der Waals surface area contributed by atoms with Gasteiger partial charge in [-0.05, 0) is 25.7 Å². The van der Waals surface area contributed by atoms with Crippen molar-refractivity contribution in [3.8, 4) is 0 Å². The van der Waals surface area contributed by atoms with Gasteiger partial charge in [0.15, 0.2) is 0 Å². The number of carbonyl (C=O) groups is 1. The Bertz CT molecular complexity index is 469. The Morgan fingerprint density at radius 1 is 1.05 bits per heavy atom. The maximum atomic E-state index is 14.0. The van der Waals surface area contributed by atoms with Crippen LogP contribution < -0.4 is 0 Å². The fraction of sp³-hybridized carbons (Fsp3) is 0.929. The quantitative estimate of drug-likeness (QED) is 0.644. The number of rotatable bonds is 3. The van der Waals surface area contributed by atoms with Gasteiger partial charge < -0.3 is 9.84 Å². The average molecular weight is 310 g/mol. The van der Waals surface area contributed by atoms with E-state index in [-0.39, 0.29) is 32.3 Å². The first-order valence-electron chi connectivity index (χ1n) is 7.15. The fourth-order valence-corrected chi connectivity index (χ4v) is 4.44. The third kappa shape index (κ3) is 1.67. The van der Waals surface area contributed by atoms with Crippen molar-refractivity contribution in [3.05, 3.63) is 0 Å². The van der Waals surface area contributed by atoms with Gasteiger partial charge in [-0.3, -0.25) is 4.79 Å². The van der Waals surface area contributed by atoms with E-state index in [0.29, 0.717) is 0 Å². The van der Waals surface area contributed by atoms with Crippen molar-refractivity contribution in [1.82, 2.24) is 0 Å². The lowest BCUT2D eigenvalue weighted by Crippen LogP contribution is -2.26. The highest BCUT2D eigenvalue weighted by Gasteiger charge is 2.86. The van der Waals surface area contributed by atoms with Gasteiger partial charge in [0.2, 0.25) is 0 Å². The van der Waals surface area contributed by atoms with Crippen LogP contribution in [0.2, 0.25) is 0 Å². The van der Waals surface area contributed by atoms with Gasteiger partial charge in [0.25, 0.3) is 11.8 Å². The molecule has 3 nitrogen and oxygen atoms in total. The lowest BCUT2D eigenvalue weighted by molar-refractivity contribution is -0.142. The molecule has 0 heterocycles. The number of alkyl halides is 4. The summed E-state index contributed by atoms with van der Waals surface area (Å²) in [6.45, 7) is 0.197. The predicted octanol–water partition coefficient (Wildman–Crippen LogP) is 2.62. The van der Waals surface area contributed by atoms with Gasteiger partial charge in [-0.2, -0.15) is 0 Å². The van der Waals surface area contributed by atoms with Crippen LogP contribution in [0.15, 0.2) is 0 Å². The lowest BCUT2D eigenvalue weighted by Gasteiger charge is -2.29. The molecule has 3 aliphatic rings. The zero-order chi connectivity index (χ0) is 15.7. The summed E-state index contributed by atoms with van der Waals surface area (Å²) in [4.78, 5) is 10.7. The number of hydrogen-bond donors (Lipinski definition) is 1. The van der Waals surface area contributed by atoms with E-state index in [4.69, 9.17) is 5.11 Å². The van der Waals surface area contributed by atoms with E-state index in [2.05, 4.69) is 4.74 Å². The molecule has 0 aromatic carbocycles. The van der Waals surface area contributed by atoms with Crippen molar-refractivity contribution < 1.29 is 32.2 Å². The minimum Gasteiger partial charge on any atom is -0.465 e. The summed E-state index contributed by atoms with van der Waals surface area (Å²) in [6, 6.07) is 0. The Balaban J connectivity index is 1.68. The van der Waals surface area contributed by atoms with Crippen LogP contribution in [0.1, 0.15) is 32.6 Å². The van der Waals surface area contributed by atoms with E-state index in [1.807, 2.05) is 0 Å². The summed E-state index contributed by atoms with van der Waals surface area (Å²) in [7, 11) is 0. The molecule has 0 aromatic heterocycles. The van der Waals surface area contributed by atoms with E-state index in [9.17, 15) is 22.4 Å². The maximum Gasteiger partial charge on any atom is 0.302 e. The van der Waals surface area contributed by atoms with Crippen molar-refractivity contribution in [2.24, 2.45) is 22.7 Å². The smallest absolute Gasteiger partial charge is 0.302 e. The summed E-state index contributed by atoms with van der Waals surface area (Å²) in [5.74, 6) is -8.68. The van der Waals surface area contributed by atoms with Gasteiger partial charge >= 0.3 is 5.97 Å². The second-order valence-corrected chi connectivity index (χ2v) is 6.65. The monoisotopic (exact) mass is 310 g/mol. The molecule has 2 atom stereocenters. The second-order valence-electron chi connectivity index (χ2n) is 6.65. The van der Waals surface area contributed by atoms with Crippen LogP contribution in [-0.2, 0) is 9.53 Å². The number of hydrogen-bond acceptors (Lipinski definition) is 3. The Morgan fingerprint density at radius 2 is 1.48 bits per heavy atom. The van der Waals surface area contributed by atoms with Crippen LogP contribution in [0.5, 0.6) is 0 Å². The molecule has 0 amide bonds. The molecule has 0 unspecified atom stereocenters. The Kier molecular flexibility index (Phi) is 2.95. The van der Waals surface area contributed by atoms with E-state index >= 15 is 0 Å². The number of aliphatic hydroxyl groups excluding tert-OH is 1. The molecule has 0 radical (unpaired) electrons. The summed E-state index contributed by atoms with van der Waals surface area (Å²) < 4.78 is 60.2. The Labute approximate surface area is 119 Å². The number of ether oxygens (including phenoxy) is 1. The van der Waals surface area contributed by atoms with Crippen LogP contribution in [0, 0.1) is 22.7 Å². The van der Waals surface area contributed by atoms with Gasteiger partial charge in [-0.1, -0.05) is 0 Å². The normalized spacial score (nSPS) is 45.6. The molecule has 3 rings (SSSR count). The van der Waals surface area contributed by atoms with Gasteiger partial charge in [0.1, 0.15) is 6.61 Å². The summed E-state index contributed by atoms with van der Waals surface area (Å²) >= 11 is 0. The molecule has 2 spiro atoms. The zero-order valence-corrected chi connectivity index (χ0v) is 11.7. The van der Waals surface area contributed by atoms with Crippen LogP contribution in [0.3, 0.4) is 0 Å². The van der Waals surface area contributed by atoms with Crippen LogP contribution in [0.4, 0.5) is 17.6 Å². The zero-order valence-electron chi connectivity index (χ0n) is 11.7. The maximum absolute atomic E-state index is 14.0. The molecule has 1 N–H and O–H groups in total. The highest BCUT2D eigenvalue weighted by atomic mass is 19.3. The standard InChI is InChI=1S/C14H18F4O3/c1-8(20)21-7-10-12(14(10,17)18)4-2-11(3-5-12)9(6-19)13(11,15)16/h9-10,19H,2-7H2,1H3/t9-,10-,11?,12?/m1/s1. The first-order chi connectivity index (χ1) is 9.66. The number of carbonyl (C=O) groups excluding carboxylic acids is 1. The first kappa shape index (κ1) is 15.1. The predicted molar refractivity (Wildman–Crippen MR) is 63.9 cm³/mol. The molecular formula is C14H18F4O3. The van der Waals surface area contributed by atoms with Crippen molar-refractivity contribution in [1.29, 1.82) is 0 Å². The van der Waals surface area contributed by atoms with E-state index in [0.717, 1.165) is 6.92 Å². The highest BCUT2D eigenvalue weighted by Crippen LogP contribution is 2.80. The van der Waals surface area contributed by atoms with E-state index in [1.165, 1.54) is 0 Å². The molecule has 3 fully saturated rings. The molecule has 120 valence electrons. The molecule has 0 aromatic rings. The second kappa shape index (κ2) is 4.12. The van der Waals surface area contributed by atoms with Crippen molar-refractivity contribution >= 4 is 5.97 Å². The van der Waals surface area contributed by atoms with Crippen LogP contribution >= 0.6 is 0 Å². The number of aliphatic hydroxyl groups is 1. The largest absolute Gasteiger partial charge is 0.465 e. The SMILES string of the molecule is CC(=O)OC[C@H]1C(F)(F)C12CCC1(CC2)[C@@H](CO)C1(F)F. The fourth-order valence-electron chi connectivity index (χ4n) is 4.44. The number of esters is 1. The van der Waals surface area contributed by atoms with Crippen LogP contribution in [-0.4, -0.2) is 36.1 Å². The Hall–Kier alpha value is -0.850. The van der Waals surface area contributed by atoms with E-state index < -0.39 is 47.1 Å². The molecule has 0 aliphatic heterocycles. The Morgan fingerprint density at radius 3 is 1.86 bits per heavy atom. The molecule has 7 heteroatoms. The lowest BCUT2D eigenvalue weighted by atomic mass is 9.75. The highest BCUT2D eigenvalue weighted by molar-refractivity contribution is 5.66. The minimum absolute atomic E-state index is 0.00196. The molecule has 3 saturated carbocycles. The van der Waals surface area contributed by atoms with Gasteiger partial charge in [-0.15, -0.1) is 0 Å². The van der Waals surface area contributed by atoms with Crippen LogP contribution in [0.25, 0.3) is 0 Å².